The largest absolute Gasteiger partial charge is 0.484 e. The highest BCUT2D eigenvalue weighted by atomic mass is 35.5. The fourth-order valence-electron chi connectivity index (χ4n) is 2.86. The number of hydrogen-bond acceptors (Lipinski definition) is 6. The zero-order chi connectivity index (χ0) is 23.6. The summed E-state index contributed by atoms with van der Waals surface area (Å²) in [6, 6.07) is 11.1. The summed E-state index contributed by atoms with van der Waals surface area (Å²) in [6.07, 6.45) is 3.41. The van der Waals surface area contributed by atoms with Crippen molar-refractivity contribution < 1.29 is 23.9 Å². The normalized spacial score (nSPS) is 15.3. The number of halogens is 2. The Kier molecular flexibility index (Phi) is 9.05. The molecule has 174 valence electrons. The molecule has 0 radical (unpaired) electrons. The predicted molar refractivity (Wildman–Crippen MR) is 125 cm³/mol. The van der Waals surface area contributed by atoms with Crippen LogP contribution in [0, 0.1) is 0 Å². The number of nitrogens with one attached hydrogen (secondary N) is 3. The second-order valence-corrected chi connectivity index (χ2v) is 7.89. The molecule has 3 N–H and O–H groups in total. The van der Waals surface area contributed by atoms with Crippen molar-refractivity contribution in [2.45, 2.75) is 18.9 Å². The molecule has 0 unspecified atom stereocenters. The number of carbonyl (C=O) groups is 3. The van der Waals surface area contributed by atoms with Crippen molar-refractivity contribution in [2.24, 2.45) is 5.10 Å². The van der Waals surface area contributed by atoms with Crippen LogP contribution in [0.3, 0.4) is 0 Å². The second-order valence-electron chi connectivity index (χ2n) is 7.08. The van der Waals surface area contributed by atoms with E-state index in [-0.39, 0.29) is 23.6 Å². The van der Waals surface area contributed by atoms with Gasteiger partial charge in [-0.15, -0.1) is 0 Å². The van der Waals surface area contributed by atoms with Crippen molar-refractivity contribution in [3.05, 3.63) is 58.1 Å². The number of anilines is 1. The summed E-state index contributed by atoms with van der Waals surface area (Å²) in [6.45, 7) is 1.11. The number of rotatable bonds is 8. The third-order valence-corrected chi connectivity index (χ3v) is 5.30. The predicted octanol–water partition coefficient (Wildman–Crippen LogP) is 2.76. The van der Waals surface area contributed by atoms with Gasteiger partial charge in [-0.1, -0.05) is 23.2 Å². The number of amides is 3. The molecule has 0 aliphatic carbocycles. The molecule has 2 aromatic carbocycles. The van der Waals surface area contributed by atoms with Crippen LogP contribution in [-0.4, -0.2) is 49.8 Å². The van der Waals surface area contributed by atoms with E-state index in [4.69, 9.17) is 32.7 Å². The summed E-state index contributed by atoms with van der Waals surface area (Å²) in [5.41, 5.74) is 3.11. The Morgan fingerprint density at radius 2 is 1.88 bits per heavy atom. The molecule has 1 aliphatic rings. The van der Waals surface area contributed by atoms with E-state index >= 15 is 0 Å². The van der Waals surface area contributed by atoms with Gasteiger partial charge in [0.05, 0.1) is 22.4 Å². The number of hydrazone groups is 1. The van der Waals surface area contributed by atoms with E-state index in [0.717, 1.165) is 19.4 Å². The van der Waals surface area contributed by atoms with E-state index in [9.17, 15) is 14.4 Å². The average Bonchev–Trinajstić information content (AvgIpc) is 3.33. The van der Waals surface area contributed by atoms with Gasteiger partial charge in [-0.2, -0.15) is 5.10 Å². The van der Waals surface area contributed by atoms with Crippen molar-refractivity contribution in [3.8, 4) is 5.75 Å². The maximum Gasteiger partial charge on any atom is 0.329 e. The standard InChI is InChI=1S/C22H22Cl2N4O5/c23-18-8-5-15(10-19(18)24)27-21(30)22(31)28-26-11-14-3-6-16(7-4-14)33-13-20(29)25-12-17-2-1-9-32-17/h3-8,10-11,17H,1-2,9,12-13H2,(H,25,29)(H,27,30)(H,28,31)/b26-11-/t17-/m1/s1. The van der Waals surface area contributed by atoms with E-state index in [1.807, 2.05) is 0 Å². The van der Waals surface area contributed by atoms with Crippen LogP contribution in [0.25, 0.3) is 0 Å². The number of carbonyl (C=O) groups excluding carboxylic acids is 3. The van der Waals surface area contributed by atoms with Crippen molar-refractivity contribution in [1.29, 1.82) is 0 Å². The van der Waals surface area contributed by atoms with E-state index in [1.165, 1.54) is 24.4 Å². The van der Waals surface area contributed by atoms with Gasteiger partial charge in [-0.05, 0) is 60.9 Å². The lowest BCUT2D eigenvalue weighted by Crippen LogP contribution is -2.35. The van der Waals surface area contributed by atoms with E-state index in [0.29, 0.717) is 28.6 Å². The minimum atomic E-state index is -0.953. The van der Waals surface area contributed by atoms with Crippen molar-refractivity contribution in [3.63, 3.8) is 0 Å². The molecule has 1 aliphatic heterocycles. The molecule has 3 rings (SSSR count). The van der Waals surface area contributed by atoms with Gasteiger partial charge in [0.2, 0.25) is 0 Å². The number of benzene rings is 2. The van der Waals surface area contributed by atoms with Crippen LogP contribution in [0.4, 0.5) is 5.69 Å². The quantitative estimate of drug-likeness (QED) is 0.297. The van der Waals surface area contributed by atoms with Crippen LogP contribution in [0.5, 0.6) is 5.75 Å². The third-order valence-electron chi connectivity index (χ3n) is 4.56. The molecule has 0 saturated carbocycles. The highest BCUT2D eigenvalue weighted by molar-refractivity contribution is 6.42. The lowest BCUT2D eigenvalue weighted by molar-refractivity contribution is -0.136. The van der Waals surface area contributed by atoms with E-state index < -0.39 is 11.8 Å². The SMILES string of the molecule is O=C(COc1ccc(/C=N\NC(=O)C(=O)Nc2ccc(Cl)c(Cl)c2)cc1)NC[C@H]1CCCO1. The Bertz CT molecular complexity index is 1020. The Labute approximate surface area is 200 Å². The van der Waals surface area contributed by atoms with Gasteiger partial charge in [0.1, 0.15) is 5.75 Å². The molecule has 1 heterocycles. The van der Waals surface area contributed by atoms with Gasteiger partial charge in [0.15, 0.2) is 6.61 Å². The minimum Gasteiger partial charge on any atom is -0.484 e. The van der Waals surface area contributed by atoms with Crippen LogP contribution >= 0.6 is 23.2 Å². The number of hydrogen-bond donors (Lipinski definition) is 3. The summed E-state index contributed by atoms with van der Waals surface area (Å²) in [5, 5.41) is 9.50. The summed E-state index contributed by atoms with van der Waals surface area (Å²) in [7, 11) is 0. The fraction of sp³-hybridized carbons (Fsp3) is 0.273. The first kappa shape index (κ1) is 24.5. The van der Waals surface area contributed by atoms with Gasteiger partial charge in [-0.3, -0.25) is 14.4 Å². The monoisotopic (exact) mass is 492 g/mol. The Balaban J connectivity index is 1.38. The van der Waals surface area contributed by atoms with Gasteiger partial charge in [0, 0.05) is 18.8 Å². The summed E-state index contributed by atoms with van der Waals surface area (Å²) < 4.78 is 10.9. The Hall–Kier alpha value is -3.14. The lowest BCUT2D eigenvalue weighted by Gasteiger charge is -2.11. The van der Waals surface area contributed by atoms with E-state index in [1.54, 1.807) is 24.3 Å². The topological polar surface area (TPSA) is 118 Å². The van der Waals surface area contributed by atoms with Gasteiger partial charge in [-0.25, -0.2) is 5.43 Å². The summed E-state index contributed by atoms with van der Waals surface area (Å²) in [5.74, 6) is -1.58. The van der Waals surface area contributed by atoms with Crippen LogP contribution in [0.2, 0.25) is 10.0 Å². The van der Waals surface area contributed by atoms with Crippen LogP contribution in [0.15, 0.2) is 47.6 Å². The van der Waals surface area contributed by atoms with Crippen molar-refractivity contribution >= 4 is 52.8 Å². The van der Waals surface area contributed by atoms with Crippen molar-refractivity contribution in [2.75, 3.05) is 25.1 Å². The number of nitrogens with zero attached hydrogens (tertiary/aromatic N) is 1. The maximum absolute atomic E-state index is 11.9. The molecule has 2 aromatic rings. The molecule has 33 heavy (non-hydrogen) atoms. The van der Waals surface area contributed by atoms with Gasteiger partial charge in [0.25, 0.3) is 5.91 Å². The maximum atomic E-state index is 11.9. The minimum absolute atomic E-state index is 0.0787. The van der Waals surface area contributed by atoms with Crippen LogP contribution in [-0.2, 0) is 19.1 Å². The van der Waals surface area contributed by atoms with Crippen molar-refractivity contribution in [1.82, 2.24) is 10.7 Å². The van der Waals surface area contributed by atoms with Crippen LogP contribution in [0.1, 0.15) is 18.4 Å². The zero-order valence-corrected chi connectivity index (χ0v) is 19.0. The Morgan fingerprint density at radius 1 is 1.09 bits per heavy atom. The Morgan fingerprint density at radius 3 is 2.58 bits per heavy atom. The van der Waals surface area contributed by atoms with Crippen LogP contribution < -0.4 is 20.8 Å². The lowest BCUT2D eigenvalue weighted by atomic mass is 10.2. The molecule has 1 saturated heterocycles. The molecule has 9 nitrogen and oxygen atoms in total. The number of ether oxygens (including phenoxy) is 2. The molecule has 0 spiro atoms. The molecule has 0 bridgehead atoms. The molecule has 1 fully saturated rings. The molecule has 1 atom stereocenters. The molecular formula is C22H22Cl2N4O5. The third kappa shape index (κ3) is 8.05. The average molecular weight is 493 g/mol. The van der Waals surface area contributed by atoms with E-state index in [2.05, 4.69) is 21.2 Å². The first-order chi connectivity index (χ1) is 15.9. The summed E-state index contributed by atoms with van der Waals surface area (Å²) in [4.78, 5) is 35.6. The molecular weight excluding hydrogens is 471 g/mol. The fourth-order valence-corrected chi connectivity index (χ4v) is 3.16. The smallest absolute Gasteiger partial charge is 0.329 e. The summed E-state index contributed by atoms with van der Waals surface area (Å²) >= 11 is 11.7. The molecule has 11 heteroatoms. The zero-order valence-electron chi connectivity index (χ0n) is 17.5. The first-order valence-corrected chi connectivity index (χ1v) is 10.9. The second kappa shape index (κ2) is 12.2. The highest BCUT2D eigenvalue weighted by Crippen LogP contribution is 2.24. The highest BCUT2D eigenvalue weighted by Gasteiger charge is 2.16. The first-order valence-electron chi connectivity index (χ1n) is 10.1. The van der Waals surface area contributed by atoms with Gasteiger partial charge < -0.3 is 20.1 Å². The molecule has 3 amide bonds. The molecule has 0 aromatic heterocycles. The van der Waals surface area contributed by atoms with Gasteiger partial charge >= 0.3 is 11.8 Å².